The number of benzene rings is 1. The van der Waals surface area contributed by atoms with Crippen molar-refractivity contribution in [3.05, 3.63) is 22.5 Å². The Morgan fingerprint density at radius 3 is 2.78 bits per heavy atom. The maximum atomic E-state index is 6.29. The standard InChI is InChI=1S/C13H16ClN3O/c1-8-11(17-5-3-15-4-6-17)7-10(14)13-12(8)16-9(2)18-13/h7,15H,3-6H2,1-2H3. The Morgan fingerprint density at radius 2 is 2.06 bits per heavy atom. The fourth-order valence-corrected chi connectivity index (χ4v) is 2.72. The topological polar surface area (TPSA) is 41.3 Å². The Balaban J connectivity index is 2.14. The van der Waals surface area contributed by atoms with E-state index in [0.717, 1.165) is 37.3 Å². The van der Waals surface area contributed by atoms with E-state index in [1.165, 1.54) is 5.69 Å². The van der Waals surface area contributed by atoms with Crippen LogP contribution >= 0.6 is 11.6 Å². The molecule has 1 N–H and O–H groups in total. The van der Waals surface area contributed by atoms with E-state index < -0.39 is 0 Å². The Bertz CT molecular complexity index is 587. The molecule has 18 heavy (non-hydrogen) atoms. The molecule has 96 valence electrons. The van der Waals surface area contributed by atoms with Gasteiger partial charge in [-0.25, -0.2) is 4.98 Å². The van der Waals surface area contributed by atoms with Gasteiger partial charge in [0.15, 0.2) is 11.5 Å². The molecule has 0 spiro atoms. The van der Waals surface area contributed by atoms with Crippen molar-refractivity contribution in [1.29, 1.82) is 0 Å². The zero-order valence-electron chi connectivity index (χ0n) is 10.6. The first-order valence-electron chi connectivity index (χ1n) is 6.18. The van der Waals surface area contributed by atoms with E-state index in [4.69, 9.17) is 16.0 Å². The summed E-state index contributed by atoms with van der Waals surface area (Å²) in [6.45, 7) is 7.94. The lowest BCUT2D eigenvalue weighted by molar-refractivity contribution is 0.561. The van der Waals surface area contributed by atoms with Gasteiger partial charge in [0, 0.05) is 44.4 Å². The van der Waals surface area contributed by atoms with Crippen LogP contribution in [0.25, 0.3) is 11.1 Å². The van der Waals surface area contributed by atoms with Gasteiger partial charge >= 0.3 is 0 Å². The molecule has 0 aliphatic carbocycles. The second-order valence-corrected chi connectivity index (χ2v) is 5.06. The third-order valence-electron chi connectivity index (χ3n) is 3.41. The predicted octanol–water partition coefficient (Wildman–Crippen LogP) is 2.51. The number of aryl methyl sites for hydroxylation is 2. The quantitative estimate of drug-likeness (QED) is 0.860. The van der Waals surface area contributed by atoms with E-state index >= 15 is 0 Å². The normalized spacial score (nSPS) is 16.5. The number of halogens is 1. The van der Waals surface area contributed by atoms with Gasteiger partial charge in [-0.3, -0.25) is 0 Å². The van der Waals surface area contributed by atoms with Crippen molar-refractivity contribution >= 4 is 28.4 Å². The fraction of sp³-hybridized carbons (Fsp3) is 0.462. The van der Waals surface area contributed by atoms with Gasteiger partial charge in [-0.05, 0) is 13.0 Å². The summed E-state index contributed by atoms with van der Waals surface area (Å²) >= 11 is 6.29. The Labute approximate surface area is 111 Å². The highest BCUT2D eigenvalue weighted by Gasteiger charge is 2.18. The van der Waals surface area contributed by atoms with Crippen LogP contribution in [0.1, 0.15) is 11.5 Å². The summed E-state index contributed by atoms with van der Waals surface area (Å²) in [5.41, 5.74) is 3.90. The molecule has 1 fully saturated rings. The fourth-order valence-electron chi connectivity index (χ4n) is 2.49. The molecule has 3 rings (SSSR count). The van der Waals surface area contributed by atoms with Gasteiger partial charge in [-0.1, -0.05) is 11.6 Å². The number of nitrogens with one attached hydrogen (secondary N) is 1. The van der Waals surface area contributed by atoms with E-state index in [1.54, 1.807) is 0 Å². The van der Waals surface area contributed by atoms with Gasteiger partial charge in [0.25, 0.3) is 0 Å². The summed E-state index contributed by atoms with van der Waals surface area (Å²) in [5, 5.41) is 3.99. The summed E-state index contributed by atoms with van der Waals surface area (Å²) in [6, 6.07) is 2.00. The number of nitrogens with zero attached hydrogens (tertiary/aromatic N) is 2. The maximum Gasteiger partial charge on any atom is 0.192 e. The largest absolute Gasteiger partial charge is 0.439 e. The molecule has 5 heteroatoms. The first-order valence-corrected chi connectivity index (χ1v) is 6.56. The van der Waals surface area contributed by atoms with Gasteiger partial charge in [0.1, 0.15) is 5.52 Å². The lowest BCUT2D eigenvalue weighted by Crippen LogP contribution is -2.43. The second-order valence-electron chi connectivity index (χ2n) is 4.65. The third kappa shape index (κ3) is 1.85. The van der Waals surface area contributed by atoms with Crippen molar-refractivity contribution in [1.82, 2.24) is 10.3 Å². The number of fused-ring (bicyclic) bond motifs is 1. The lowest BCUT2D eigenvalue weighted by Gasteiger charge is -2.30. The first kappa shape index (κ1) is 11.8. The summed E-state index contributed by atoms with van der Waals surface area (Å²) in [6.07, 6.45) is 0. The Morgan fingerprint density at radius 1 is 1.33 bits per heavy atom. The molecule has 0 amide bonds. The molecular weight excluding hydrogens is 250 g/mol. The van der Waals surface area contributed by atoms with Crippen LogP contribution in [0.5, 0.6) is 0 Å². The van der Waals surface area contributed by atoms with Crippen LogP contribution in [0.15, 0.2) is 10.5 Å². The van der Waals surface area contributed by atoms with Crippen LogP contribution in [0.4, 0.5) is 5.69 Å². The number of oxazole rings is 1. The summed E-state index contributed by atoms with van der Waals surface area (Å²) < 4.78 is 5.55. The van der Waals surface area contributed by atoms with Crippen molar-refractivity contribution in [2.45, 2.75) is 13.8 Å². The highest BCUT2D eigenvalue weighted by molar-refractivity contribution is 6.35. The highest BCUT2D eigenvalue weighted by atomic mass is 35.5. The van der Waals surface area contributed by atoms with Crippen molar-refractivity contribution in [2.75, 3.05) is 31.1 Å². The van der Waals surface area contributed by atoms with Crippen LogP contribution < -0.4 is 10.2 Å². The SMILES string of the molecule is Cc1nc2c(C)c(N3CCNCC3)cc(Cl)c2o1. The molecule has 1 aromatic heterocycles. The number of aromatic nitrogens is 1. The van der Waals surface area contributed by atoms with Crippen molar-refractivity contribution in [2.24, 2.45) is 0 Å². The van der Waals surface area contributed by atoms with Crippen LogP contribution in [0.3, 0.4) is 0 Å². The zero-order chi connectivity index (χ0) is 12.7. The van der Waals surface area contributed by atoms with Gasteiger partial charge in [0.05, 0.1) is 5.02 Å². The van der Waals surface area contributed by atoms with Crippen molar-refractivity contribution in [3.63, 3.8) is 0 Å². The van der Waals surface area contributed by atoms with Gasteiger partial charge in [-0.15, -0.1) is 0 Å². The molecule has 1 aliphatic heterocycles. The van der Waals surface area contributed by atoms with Crippen molar-refractivity contribution < 1.29 is 4.42 Å². The predicted molar refractivity (Wildman–Crippen MR) is 73.6 cm³/mol. The van der Waals surface area contributed by atoms with Gasteiger partial charge in [0.2, 0.25) is 0 Å². The van der Waals surface area contributed by atoms with Gasteiger partial charge in [-0.2, -0.15) is 0 Å². The van der Waals surface area contributed by atoms with Crippen molar-refractivity contribution in [3.8, 4) is 0 Å². The maximum absolute atomic E-state index is 6.29. The van der Waals surface area contributed by atoms with Gasteiger partial charge < -0.3 is 14.6 Å². The molecule has 4 nitrogen and oxygen atoms in total. The molecule has 1 aliphatic rings. The average Bonchev–Trinajstić information content (AvgIpc) is 2.78. The summed E-state index contributed by atoms with van der Waals surface area (Å²) in [5.74, 6) is 0.660. The summed E-state index contributed by atoms with van der Waals surface area (Å²) in [7, 11) is 0. The minimum Gasteiger partial charge on any atom is -0.439 e. The molecule has 0 bridgehead atoms. The number of hydrogen-bond acceptors (Lipinski definition) is 4. The Kier molecular flexibility index (Phi) is 2.92. The van der Waals surface area contributed by atoms with Crippen LogP contribution in [0.2, 0.25) is 5.02 Å². The number of rotatable bonds is 1. The Hall–Kier alpha value is -1.26. The second kappa shape index (κ2) is 4.44. The lowest BCUT2D eigenvalue weighted by atomic mass is 10.1. The molecular formula is C13H16ClN3O. The monoisotopic (exact) mass is 265 g/mol. The highest BCUT2D eigenvalue weighted by Crippen LogP contribution is 2.34. The smallest absolute Gasteiger partial charge is 0.192 e. The zero-order valence-corrected chi connectivity index (χ0v) is 11.3. The molecule has 2 aromatic rings. The van der Waals surface area contributed by atoms with Crippen LogP contribution in [-0.2, 0) is 0 Å². The van der Waals surface area contributed by atoms with Crippen LogP contribution in [0, 0.1) is 13.8 Å². The molecule has 0 atom stereocenters. The molecule has 0 unspecified atom stereocenters. The number of piperazine rings is 1. The molecule has 0 radical (unpaired) electrons. The minimum absolute atomic E-state index is 0.643. The molecule has 1 aromatic carbocycles. The van der Waals surface area contributed by atoms with E-state index in [1.807, 2.05) is 13.0 Å². The summed E-state index contributed by atoms with van der Waals surface area (Å²) in [4.78, 5) is 6.78. The molecule has 1 saturated heterocycles. The minimum atomic E-state index is 0.643. The molecule has 0 saturated carbocycles. The number of hydrogen-bond donors (Lipinski definition) is 1. The average molecular weight is 266 g/mol. The first-order chi connectivity index (χ1) is 8.66. The van der Waals surface area contributed by atoms with Crippen LogP contribution in [-0.4, -0.2) is 31.2 Å². The van der Waals surface area contributed by atoms with E-state index in [9.17, 15) is 0 Å². The van der Waals surface area contributed by atoms with E-state index in [-0.39, 0.29) is 0 Å². The molecule has 2 heterocycles. The third-order valence-corrected chi connectivity index (χ3v) is 3.69. The van der Waals surface area contributed by atoms with E-state index in [2.05, 4.69) is 22.1 Å². The van der Waals surface area contributed by atoms with E-state index in [0.29, 0.717) is 16.5 Å². The number of anilines is 1.